The van der Waals surface area contributed by atoms with Gasteiger partial charge in [0, 0.05) is 30.8 Å². The number of sulfonamides is 1. The van der Waals surface area contributed by atoms with E-state index >= 15 is 0 Å². The van der Waals surface area contributed by atoms with Gasteiger partial charge in [0.25, 0.3) is 11.6 Å². The first-order valence-electron chi connectivity index (χ1n) is 9.04. The van der Waals surface area contributed by atoms with Crippen molar-refractivity contribution < 1.29 is 18.1 Å². The van der Waals surface area contributed by atoms with Crippen LogP contribution in [0.2, 0.25) is 0 Å². The molecule has 0 aromatic heterocycles. The van der Waals surface area contributed by atoms with E-state index in [1.165, 1.54) is 0 Å². The lowest BCUT2D eigenvalue weighted by molar-refractivity contribution is -0.384. The summed E-state index contributed by atoms with van der Waals surface area (Å²) >= 11 is 0. The molecule has 1 amide bonds. The fourth-order valence-corrected chi connectivity index (χ4v) is 3.77. The molecule has 0 unspecified atom stereocenters. The molecule has 0 saturated carbocycles. The molecular weight excluding hydrogens is 406 g/mol. The van der Waals surface area contributed by atoms with Crippen molar-refractivity contribution >= 4 is 21.6 Å². The predicted octanol–water partition coefficient (Wildman–Crippen LogP) is 2.97. The molecule has 0 aliphatic heterocycles. The molecule has 30 heavy (non-hydrogen) atoms. The van der Waals surface area contributed by atoms with Gasteiger partial charge in [0.1, 0.15) is 0 Å². The van der Waals surface area contributed by atoms with Crippen molar-refractivity contribution in [3.8, 4) is 11.1 Å². The summed E-state index contributed by atoms with van der Waals surface area (Å²) in [6.07, 6.45) is 0. The van der Waals surface area contributed by atoms with Crippen LogP contribution in [0, 0.1) is 10.1 Å². The van der Waals surface area contributed by atoms with Gasteiger partial charge in [-0.15, -0.1) is 0 Å². The number of benzene rings is 3. The summed E-state index contributed by atoms with van der Waals surface area (Å²) in [7, 11) is -3.83. The van der Waals surface area contributed by atoms with Crippen LogP contribution in [0.5, 0.6) is 0 Å². The van der Waals surface area contributed by atoms with Gasteiger partial charge in [-0.1, -0.05) is 42.5 Å². The molecule has 0 bridgehead atoms. The second-order valence-electron chi connectivity index (χ2n) is 6.35. The number of carbonyl (C=O) groups excluding carboxylic acids is 1. The van der Waals surface area contributed by atoms with Gasteiger partial charge < -0.3 is 5.32 Å². The molecule has 3 aromatic rings. The zero-order chi connectivity index (χ0) is 21.6. The third kappa shape index (κ3) is 5.28. The van der Waals surface area contributed by atoms with E-state index in [-0.39, 0.29) is 29.6 Å². The van der Waals surface area contributed by atoms with Crippen molar-refractivity contribution in [3.05, 3.63) is 94.5 Å². The average Bonchev–Trinajstić information content (AvgIpc) is 2.77. The van der Waals surface area contributed by atoms with E-state index in [4.69, 9.17) is 0 Å². The first-order valence-corrected chi connectivity index (χ1v) is 10.5. The van der Waals surface area contributed by atoms with Crippen molar-refractivity contribution in [3.63, 3.8) is 0 Å². The van der Waals surface area contributed by atoms with Gasteiger partial charge in [0.15, 0.2) is 0 Å². The lowest BCUT2D eigenvalue weighted by Gasteiger charge is -2.09. The highest BCUT2D eigenvalue weighted by Gasteiger charge is 2.15. The molecule has 8 nitrogen and oxygen atoms in total. The van der Waals surface area contributed by atoms with Crippen LogP contribution in [-0.4, -0.2) is 32.3 Å². The number of amides is 1. The van der Waals surface area contributed by atoms with Gasteiger partial charge >= 0.3 is 0 Å². The van der Waals surface area contributed by atoms with Gasteiger partial charge in [-0.3, -0.25) is 14.9 Å². The Balaban J connectivity index is 1.51. The zero-order valence-corrected chi connectivity index (χ0v) is 16.6. The first kappa shape index (κ1) is 21.2. The van der Waals surface area contributed by atoms with Crippen molar-refractivity contribution in [1.29, 1.82) is 0 Å². The number of non-ortho nitro benzene ring substituents is 1. The Morgan fingerprint density at radius 2 is 1.43 bits per heavy atom. The highest BCUT2D eigenvalue weighted by molar-refractivity contribution is 7.89. The van der Waals surface area contributed by atoms with E-state index in [2.05, 4.69) is 10.0 Å². The molecule has 0 saturated heterocycles. The molecule has 9 heteroatoms. The Labute approximate surface area is 173 Å². The Bertz CT molecular complexity index is 1130. The highest BCUT2D eigenvalue weighted by atomic mass is 32.2. The van der Waals surface area contributed by atoms with Gasteiger partial charge in [0.05, 0.1) is 9.82 Å². The molecule has 2 N–H and O–H groups in total. The number of nitrogens with one attached hydrogen (secondary N) is 2. The van der Waals surface area contributed by atoms with Crippen molar-refractivity contribution in [2.45, 2.75) is 4.90 Å². The predicted molar refractivity (Wildman–Crippen MR) is 112 cm³/mol. The smallest absolute Gasteiger partial charge is 0.269 e. The van der Waals surface area contributed by atoms with Crippen LogP contribution < -0.4 is 10.0 Å². The Hall–Kier alpha value is -3.56. The van der Waals surface area contributed by atoms with Crippen molar-refractivity contribution in [1.82, 2.24) is 10.0 Å². The number of nitro groups is 1. The van der Waals surface area contributed by atoms with Gasteiger partial charge in [0.2, 0.25) is 10.0 Å². The molecule has 0 heterocycles. The molecular formula is C21H19N3O5S. The van der Waals surface area contributed by atoms with Gasteiger partial charge in [-0.25, -0.2) is 13.1 Å². The highest BCUT2D eigenvalue weighted by Crippen LogP contribution is 2.19. The van der Waals surface area contributed by atoms with Crippen LogP contribution in [0.3, 0.4) is 0 Å². The summed E-state index contributed by atoms with van der Waals surface area (Å²) in [5.74, 6) is -0.316. The second-order valence-corrected chi connectivity index (χ2v) is 8.12. The molecule has 0 aliphatic carbocycles. The maximum Gasteiger partial charge on any atom is 0.269 e. The minimum absolute atomic E-state index is 0.0207. The Kier molecular flexibility index (Phi) is 6.55. The summed E-state index contributed by atoms with van der Waals surface area (Å²) in [4.78, 5) is 22.2. The summed E-state index contributed by atoms with van der Waals surface area (Å²) in [6, 6.07) is 21.4. The second kappa shape index (κ2) is 9.29. The molecule has 3 aromatic carbocycles. The molecule has 0 radical (unpaired) electrons. The van der Waals surface area contributed by atoms with Gasteiger partial charge in [-0.05, 0) is 35.4 Å². The number of rotatable bonds is 8. The standard InChI is InChI=1S/C21H19N3O5S/c25-21(18-8-6-17(7-9-18)16-4-2-1-3-5-16)22-14-15-23-30(28,29)20-12-10-19(11-13-20)24(26)27/h1-13,23H,14-15H2,(H,22,25). The van der Waals surface area contributed by atoms with E-state index < -0.39 is 14.9 Å². The van der Waals surface area contributed by atoms with E-state index in [9.17, 15) is 23.3 Å². The van der Waals surface area contributed by atoms with E-state index in [1.54, 1.807) is 12.1 Å². The largest absolute Gasteiger partial charge is 0.351 e. The van der Waals surface area contributed by atoms with Crippen LogP contribution >= 0.6 is 0 Å². The fourth-order valence-electron chi connectivity index (χ4n) is 2.74. The fraction of sp³-hybridized carbons (Fsp3) is 0.0952. The van der Waals surface area contributed by atoms with Crippen molar-refractivity contribution in [2.24, 2.45) is 0 Å². The minimum Gasteiger partial charge on any atom is -0.351 e. The summed E-state index contributed by atoms with van der Waals surface area (Å²) < 4.78 is 26.8. The van der Waals surface area contributed by atoms with Crippen LogP contribution in [0.4, 0.5) is 5.69 Å². The molecule has 3 rings (SSSR count). The molecule has 0 aliphatic rings. The number of carbonyl (C=O) groups is 1. The lowest BCUT2D eigenvalue weighted by Crippen LogP contribution is -2.34. The Morgan fingerprint density at radius 3 is 2.03 bits per heavy atom. The molecule has 0 atom stereocenters. The number of nitrogens with zero attached hydrogens (tertiary/aromatic N) is 1. The van der Waals surface area contributed by atoms with E-state index in [1.807, 2.05) is 42.5 Å². The van der Waals surface area contributed by atoms with Gasteiger partial charge in [-0.2, -0.15) is 0 Å². The monoisotopic (exact) mass is 425 g/mol. The Morgan fingerprint density at radius 1 is 0.833 bits per heavy atom. The summed E-state index contributed by atoms with van der Waals surface area (Å²) in [5.41, 5.74) is 2.31. The molecule has 154 valence electrons. The summed E-state index contributed by atoms with van der Waals surface area (Å²) in [5, 5.41) is 13.3. The normalized spacial score (nSPS) is 11.1. The van der Waals surface area contributed by atoms with E-state index in [0.717, 1.165) is 35.4 Å². The SMILES string of the molecule is O=C(NCCNS(=O)(=O)c1ccc([N+](=O)[O-])cc1)c1ccc(-c2ccccc2)cc1. The number of nitro benzene ring substituents is 1. The minimum atomic E-state index is -3.83. The lowest BCUT2D eigenvalue weighted by atomic mass is 10.0. The third-order valence-corrected chi connectivity index (χ3v) is 5.79. The van der Waals surface area contributed by atoms with E-state index in [0.29, 0.717) is 5.56 Å². The van der Waals surface area contributed by atoms with Crippen LogP contribution in [0.15, 0.2) is 83.8 Å². The maximum atomic E-state index is 12.2. The quantitative estimate of drug-likeness (QED) is 0.327. The topological polar surface area (TPSA) is 118 Å². The third-order valence-electron chi connectivity index (χ3n) is 4.31. The van der Waals surface area contributed by atoms with Crippen LogP contribution in [0.25, 0.3) is 11.1 Å². The van der Waals surface area contributed by atoms with Crippen LogP contribution in [-0.2, 0) is 10.0 Å². The first-order chi connectivity index (χ1) is 14.4. The van der Waals surface area contributed by atoms with Crippen LogP contribution in [0.1, 0.15) is 10.4 Å². The molecule has 0 fully saturated rings. The zero-order valence-electron chi connectivity index (χ0n) is 15.8. The summed E-state index contributed by atoms with van der Waals surface area (Å²) in [6.45, 7) is 0.0681. The molecule has 0 spiro atoms. The number of hydrogen-bond acceptors (Lipinski definition) is 5. The average molecular weight is 425 g/mol. The number of hydrogen-bond donors (Lipinski definition) is 2. The maximum absolute atomic E-state index is 12.2. The van der Waals surface area contributed by atoms with Crippen molar-refractivity contribution in [2.75, 3.05) is 13.1 Å².